The van der Waals surface area contributed by atoms with Crippen LogP contribution in [0.4, 0.5) is 5.69 Å². The summed E-state index contributed by atoms with van der Waals surface area (Å²) in [7, 11) is 2.48. The van der Waals surface area contributed by atoms with Gasteiger partial charge in [-0.25, -0.2) is 9.59 Å². The molecule has 0 aliphatic heterocycles. The van der Waals surface area contributed by atoms with Gasteiger partial charge in [0.15, 0.2) is 0 Å². The van der Waals surface area contributed by atoms with Crippen molar-refractivity contribution in [3.63, 3.8) is 0 Å². The monoisotopic (exact) mass is 417 g/mol. The highest BCUT2D eigenvalue weighted by Gasteiger charge is 2.13. The summed E-state index contributed by atoms with van der Waals surface area (Å²) >= 11 is 0. The molecule has 0 unspecified atom stereocenters. The number of nitrogens with one attached hydrogen (secondary N) is 1. The van der Waals surface area contributed by atoms with E-state index in [9.17, 15) is 9.59 Å². The number of carbonyl (C=O) groups is 2. The predicted molar refractivity (Wildman–Crippen MR) is 118 cm³/mol. The Morgan fingerprint density at radius 2 is 1.52 bits per heavy atom. The Hall–Kier alpha value is -4.06. The number of para-hydroxylation sites is 1. The van der Waals surface area contributed by atoms with E-state index in [1.807, 2.05) is 66.7 Å². The first-order valence-corrected chi connectivity index (χ1v) is 9.62. The molecular weight excluding hydrogens is 394 g/mol. The van der Waals surface area contributed by atoms with Crippen molar-refractivity contribution in [1.82, 2.24) is 0 Å². The smallest absolute Gasteiger partial charge is 0.354 e. The number of benzene rings is 3. The highest BCUT2D eigenvalue weighted by molar-refractivity contribution is 5.98. The van der Waals surface area contributed by atoms with Crippen molar-refractivity contribution in [3.8, 4) is 16.9 Å². The Kier molecular flexibility index (Phi) is 7.43. The van der Waals surface area contributed by atoms with E-state index in [1.165, 1.54) is 14.2 Å². The maximum atomic E-state index is 11.9. The minimum absolute atomic E-state index is 0.0197. The van der Waals surface area contributed by atoms with Gasteiger partial charge in [-0.15, -0.1) is 0 Å². The molecule has 0 amide bonds. The maximum absolute atomic E-state index is 11.9. The third-order valence-electron chi connectivity index (χ3n) is 4.47. The molecule has 0 heterocycles. The van der Waals surface area contributed by atoms with E-state index < -0.39 is 11.9 Å². The van der Waals surface area contributed by atoms with Gasteiger partial charge in [-0.05, 0) is 29.3 Å². The SMILES string of the molecule is COC(=O)/C=C(/Nc1ccc(-c2ccccc2OCc2ccccc2)cc1)C(=O)OC. The lowest BCUT2D eigenvalue weighted by molar-refractivity contribution is -0.138. The molecule has 0 bridgehead atoms. The number of carbonyl (C=O) groups excluding carboxylic acids is 2. The summed E-state index contributed by atoms with van der Waals surface area (Å²) in [6.07, 6.45) is 1.05. The molecule has 6 nitrogen and oxygen atoms in total. The second-order valence-corrected chi connectivity index (χ2v) is 6.55. The first kappa shape index (κ1) is 21.6. The molecule has 31 heavy (non-hydrogen) atoms. The molecule has 0 aromatic heterocycles. The molecule has 0 saturated heterocycles. The van der Waals surface area contributed by atoms with Crippen molar-refractivity contribution < 1.29 is 23.8 Å². The van der Waals surface area contributed by atoms with Crippen LogP contribution in [-0.2, 0) is 25.7 Å². The van der Waals surface area contributed by atoms with E-state index >= 15 is 0 Å². The molecule has 3 rings (SSSR count). The first-order valence-electron chi connectivity index (χ1n) is 9.62. The van der Waals surface area contributed by atoms with Crippen molar-refractivity contribution in [2.75, 3.05) is 19.5 Å². The van der Waals surface area contributed by atoms with Gasteiger partial charge in [0.1, 0.15) is 18.1 Å². The molecule has 0 radical (unpaired) electrons. The van der Waals surface area contributed by atoms with E-state index in [0.29, 0.717) is 12.3 Å². The number of rotatable bonds is 8. The Bertz CT molecular complexity index is 1060. The summed E-state index contributed by atoms with van der Waals surface area (Å²) in [6.45, 7) is 0.471. The van der Waals surface area contributed by atoms with Crippen LogP contribution in [0.15, 0.2) is 90.6 Å². The fourth-order valence-electron chi connectivity index (χ4n) is 2.89. The third-order valence-corrected chi connectivity index (χ3v) is 4.47. The molecule has 0 atom stereocenters. The molecular formula is C25H23NO5. The lowest BCUT2D eigenvalue weighted by atomic mass is 10.0. The Balaban J connectivity index is 1.77. The van der Waals surface area contributed by atoms with E-state index in [4.69, 9.17) is 9.47 Å². The molecule has 0 fully saturated rings. The van der Waals surface area contributed by atoms with Crippen molar-refractivity contribution in [2.24, 2.45) is 0 Å². The standard InChI is InChI=1S/C25H23NO5/c1-29-24(27)16-22(25(28)30-2)26-20-14-12-19(13-15-20)21-10-6-7-11-23(21)31-17-18-8-4-3-5-9-18/h3-16,26H,17H2,1-2H3/b22-16+. The van der Waals surface area contributed by atoms with E-state index in [1.54, 1.807) is 12.1 Å². The summed E-state index contributed by atoms with van der Waals surface area (Å²) in [6, 6.07) is 25.2. The number of methoxy groups -OCH3 is 2. The topological polar surface area (TPSA) is 73.9 Å². The fraction of sp³-hybridized carbons (Fsp3) is 0.120. The van der Waals surface area contributed by atoms with Gasteiger partial charge < -0.3 is 19.5 Å². The van der Waals surface area contributed by atoms with Crippen LogP contribution < -0.4 is 10.1 Å². The van der Waals surface area contributed by atoms with Crippen molar-refractivity contribution >= 4 is 17.6 Å². The van der Waals surface area contributed by atoms with Gasteiger partial charge in [0, 0.05) is 11.3 Å². The molecule has 0 spiro atoms. The lowest BCUT2D eigenvalue weighted by Crippen LogP contribution is -2.15. The first-order chi connectivity index (χ1) is 15.1. The van der Waals surface area contributed by atoms with Gasteiger partial charge in [0.2, 0.25) is 0 Å². The van der Waals surface area contributed by atoms with Gasteiger partial charge in [0.05, 0.1) is 20.3 Å². The van der Waals surface area contributed by atoms with E-state index in [2.05, 4.69) is 10.1 Å². The summed E-state index contributed by atoms with van der Waals surface area (Å²) in [5.74, 6) is -0.559. The Morgan fingerprint density at radius 1 is 0.839 bits per heavy atom. The van der Waals surface area contributed by atoms with Gasteiger partial charge >= 0.3 is 11.9 Å². The molecule has 3 aromatic rings. The zero-order valence-electron chi connectivity index (χ0n) is 17.3. The quantitative estimate of drug-likeness (QED) is 0.427. The Morgan fingerprint density at radius 3 is 2.19 bits per heavy atom. The maximum Gasteiger partial charge on any atom is 0.354 e. The molecule has 0 aliphatic carbocycles. The molecule has 158 valence electrons. The van der Waals surface area contributed by atoms with Crippen LogP contribution in [-0.4, -0.2) is 26.2 Å². The summed E-state index contributed by atoms with van der Waals surface area (Å²) in [4.78, 5) is 23.4. The number of hydrogen-bond acceptors (Lipinski definition) is 6. The summed E-state index contributed by atoms with van der Waals surface area (Å²) in [5, 5.41) is 2.89. The zero-order valence-corrected chi connectivity index (χ0v) is 17.3. The number of hydrogen-bond donors (Lipinski definition) is 1. The van der Waals surface area contributed by atoms with Gasteiger partial charge in [-0.3, -0.25) is 0 Å². The zero-order chi connectivity index (χ0) is 22.1. The normalized spacial score (nSPS) is 10.8. The number of esters is 2. The average Bonchev–Trinajstić information content (AvgIpc) is 2.83. The second kappa shape index (κ2) is 10.6. The van der Waals surface area contributed by atoms with Crippen LogP contribution in [0.5, 0.6) is 5.75 Å². The van der Waals surface area contributed by atoms with Crippen molar-refractivity contribution in [2.45, 2.75) is 6.61 Å². The lowest BCUT2D eigenvalue weighted by Gasteiger charge is -2.13. The van der Waals surface area contributed by atoms with Gasteiger partial charge in [-0.1, -0.05) is 60.7 Å². The number of ether oxygens (including phenoxy) is 3. The van der Waals surface area contributed by atoms with E-state index in [-0.39, 0.29) is 5.70 Å². The second-order valence-electron chi connectivity index (χ2n) is 6.55. The van der Waals surface area contributed by atoms with Crippen LogP contribution >= 0.6 is 0 Å². The summed E-state index contributed by atoms with van der Waals surface area (Å²) < 4.78 is 15.3. The van der Waals surface area contributed by atoms with Gasteiger partial charge in [-0.2, -0.15) is 0 Å². The molecule has 0 saturated carbocycles. The van der Waals surface area contributed by atoms with Crippen molar-refractivity contribution in [3.05, 3.63) is 96.2 Å². The van der Waals surface area contributed by atoms with E-state index in [0.717, 1.165) is 28.5 Å². The minimum Gasteiger partial charge on any atom is -0.488 e. The largest absolute Gasteiger partial charge is 0.488 e. The van der Waals surface area contributed by atoms with Crippen molar-refractivity contribution in [1.29, 1.82) is 0 Å². The molecule has 0 aliphatic rings. The molecule has 6 heteroatoms. The third kappa shape index (κ3) is 5.96. The Labute approximate surface area is 181 Å². The molecule has 1 N–H and O–H groups in total. The van der Waals surface area contributed by atoms with Crippen LogP contribution in [0, 0.1) is 0 Å². The number of anilines is 1. The minimum atomic E-state index is -0.672. The van der Waals surface area contributed by atoms with Crippen LogP contribution in [0.2, 0.25) is 0 Å². The highest BCUT2D eigenvalue weighted by atomic mass is 16.5. The predicted octanol–water partition coefficient (Wildman–Crippen LogP) is 4.57. The van der Waals surface area contributed by atoms with Crippen LogP contribution in [0.1, 0.15) is 5.56 Å². The van der Waals surface area contributed by atoms with Crippen LogP contribution in [0.3, 0.4) is 0 Å². The fourth-order valence-corrected chi connectivity index (χ4v) is 2.89. The highest BCUT2D eigenvalue weighted by Crippen LogP contribution is 2.31. The van der Waals surface area contributed by atoms with Crippen LogP contribution in [0.25, 0.3) is 11.1 Å². The average molecular weight is 417 g/mol. The van der Waals surface area contributed by atoms with Gasteiger partial charge in [0.25, 0.3) is 0 Å². The summed E-state index contributed by atoms with van der Waals surface area (Å²) in [5.41, 5.74) is 3.58. The molecule has 3 aromatic carbocycles.